The van der Waals surface area contributed by atoms with Crippen molar-refractivity contribution in [2.24, 2.45) is 5.16 Å². The van der Waals surface area contributed by atoms with Crippen molar-refractivity contribution in [3.05, 3.63) is 77.1 Å². The zero-order valence-electron chi connectivity index (χ0n) is 24.1. The Morgan fingerprint density at radius 1 is 1.00 bits per heavy atom. The number of amides is 1. The van der Waals surface area contributed by atoms with Gasteiger partial charge >= 0.3 is 0 Å². The summed E-state index contributed by atoms with van der Waals surface area (Å²) in [6.45, 7) is 14.2. The zero-order valence-corrected chi connectivity index (χ0v) is 24.1. The first kappa shape index (κ1) is 28.4. The Morgan fingerprint density at radius 2 is 1.67 bits per heavy atom. The Morgan fingerprint density at radius 3 is 2.28 bits per heavy atom. The fraction of sp³-hybridized carbons (Fsp3) is 0.452. The lowest BCUT2D eigenvalue weighted by Crippen LogP contribution is -2.48. The lowest BCUT2D eigenvalue weighted by Gasteiger charge is -2.32. The first-order chi connectivity index (χ1) is 18.6. The summed E-state index contributed by atoms with van der Waals surface area (Å²) in [4.78, 5) is 22.4. The summed E-state index contributed by atoms with van der Waals surface area (Å²) in [5.74, 6) is 0.685. The van der Waals surface area contributed by atoms with E-state index in [0.717, 1.165) is 54.5 Å². The number of likely N-dealkylation sites (N-methyl/N-ethyl adjacent to an activating group) is 1. The summed E-state index contributed by atoms with van der Waals surface area (Å²) in [5.41, 5.74) is 5.86. The molecule has 1 aliphatic rings. The van der Waals surface area contributed by atoms with Crippen LogP contribution >= 0.6 is 0 Å². The van der Waals surface area contributed by atoms with Crippen molar-refractivity contribution >= 4 is 11.6 Å². The van der Waals surface area contributed by atoms with Gasteiger partial charge in [-0.25, -0.2) is 4.68 Å². The molecule has 0 unspecified atom stereocenters. The van der Waals surface area contributed by atoms with Gasteiger partial charge in [-0.15, -0.1) is 0 Å². The zero-order chi connectivity index (χ0) is 28.0. The molecule has 0 saturated carbocycles. The van der Waals surface area contributed by atoms with Crippen LogP contribution < -0.4 is 4.74 Å². The number of benzene rings is 2. The van der Waals surface area contributed by atoms with Crippen LogP contribution in [0.15, 0.2) is 59.8 Å². The van der Waals surface area contributed by atoms with Gasteiger partial charge in [0.25, 0.3) is 5.91 Å². The van der Waals surface area contributed by atoms with Crippen LogP contribution in [0.5, 0.6) is 5.75 Å². The standard InChI is InChI=1S/C31H41N5O3/c1-7-28(24-10-14-27(15-11-24)38-22-30(37)35-18-16-34(6)17-19-35)33-39-21-26-20-29(31(3,4)5)32-36(26)25-12-8-23(2)9-13-25/h8-15,20H,7,16-19,21-22H2,1-6H3. The summed E-state index contributed by atoms with van der Waals surface area (Å²) >= 11 is 0. The van der Waals surface area contributed by atoms with Crippen molar-refractivity contribution in [3.8, 4) is 11.4 Å². The molecule has 2 heterocycles. The second kappa shape index (κ2) is 12.5. The van der Waals surface area contributed by atoms with Gasteiger partial charge in [-0.1, -0.05) is 50.5 Å². The molecule has 4 rings (SSSR count). The van der Waals surface area contributed by atoms with Crippen LogP contribution in [0, 0.1) is 6.92 Å². The number of piperazine rings is 1. The van der Waals surface area contributed by atoms with E-state index < -0.39 is 0 Å². The van der Waals surface area contributed by atoms with E-state index in [2.05, 4.69) is 82.1 Å². The van der Waals surface area contributed by atoms with Gasteiger partial charge in [0.1, 0.15) is 5.75 Å². The first-order valence-electron chi connectivity index (χ1n) is 13.7. The van der Waals surface area contributed by atoms with Crippen molar-refractivity contribution < 1.29 is 14.4 Å². The molecule has 1 aromatic heterocycles. The maximum Gasteiger partial charge on any atom is 0.260 e. The number of hydrogen-bond acceptors (Lipinski definition) is 6. The molecule has 39 heavy (non-hydrogen) atoms. The van der Waals surface area contributed by atoms with Gasteiger partial charge in [-0.3, -0.25) is 4.79 Å². The number of nitrogens with zero attached hydrogens (tertiary/aromatic N) is 5. The molecule has 0 atom stereocenters. The fourth-order valence-corrected chi connectivity index (χ4v) is 4.33. The van der Waals surface area contributed by atoms with Gasteiger partial charge in [0.15, 0.2) is 13.2 Å². The van der Waals surface area contributed by atoms with E-state index in [-0.39, 0.29) is 17.9 Å². The van der Waals surface area contributed by atoms with Gasteiger partial charge in [0, 0.05) is 31.6 Å². The van der Waals surface area contributed by atoms with Gasteiger partial charge in [-0.2, -0.15) is 5.10 Å². The van der Waals surface area contributed by atoms with E-state index in [1.165, 1.54) is 5.56 Å². The van der Waals surface area contributed by atoms with Crippen LogP contribution in [0.2, 0.25) is 0 Å². The van der Waals surface area contributed by atoms with Crippen LogP contribution in [0.25, 0.3) is 5.69 Å². The molecule has 1 fully saturated rings. The van der Waals surface area contributed by atoms with E-state index in [1.54, 1.807) is 0 Å². The highest BCUT2D eigenvalue weighted by atomic mass is 16.6. The van der Waals surface area contributed by atoms with E-state index in [4.69, 9.17) is 14.7 Å². The third-order valence-electron chi connectivity index (χ3n) is 6.96. The lowest BCUT2D eigenvalue weighted by atomic mass is 9.92. The van der Waals surface area contributed by atoms with Crippen molar-refractivity contribution in [1.29, 1.82) is 0 Å². The summed E-state index contributed by atoms with van der Waals surface area (Å²) in [6.07, 6.45) is 0.715. The highest BCUT2D eigenvalue weighted by Gasteiger charge is 2.21. The molecule has 0 N–H and O–H groups in total. The maximum atomic E-state index is 12.5. The number of carbonyl (C=O) groups is 1. The van der Waals surface area contributed by atoms with Crippen molar-refractivity contribution in [2.75, 3.05) is 39.8 Å². The smallest absolute Gasteiger partial charge is 0.260 e. The molecule has 2 aromatic carbocycles. The average Bonchev–Trinajstić information content (AvgIpc) is 3.36. The molecule has 0 bridgehead atoms. The Hall–Kier alpha value is -3.65. The largest absolute Gasteiger partial charge is 0.484 e. The van der Waals surface area contributed by atoms with Crippen LogP contribution in [-0.4, -0.2) is 71.0 Å². The number of hydrogen-bond donors (Lipinski definition) is 0. The second-order valence-corrected chi connectivity index (χ2v) is 11.2. The Labute approximate surface area is 232 Å². The highest BCUT2D eigenvalue weighted by Crippen LogP contribution is 2.24. The minimum atomic E-state index is -0.0819. The first-order valence-corrected chi connectivity index (χ1v) is 13.7. The summed E-state index contributed by atoms with van der Waals surface area (Å²) in [5, 5.41) is 9.34. The number of oxime groups is 1. The molecule has 8 nitrogen and oxygen atoms in total. The molecular formula is C31H41N5O3. The minimum Gasteiger partial charge on any atom is -0.484 e. The van der Waals surface area contributed by atoms with Crippen molar-refractivity contribution in [3.63, 3.8) is 0 Å². The second-order valence-electron chi connectivity index (χ2n) is 11.2. The maximum absolute atomic E-state index is 12.5. The fourth-order valence-electron chi connectivity index (χ4n) is 4.33. The molecule has 3 aromatic rings. The molecule has 1 saturated heterocycles. The van der Waals surface area contributed by atoms with Crippen LogP contribution in [0.3, 0.4) is 0 Å². The monoisotopic (exact) mass is 531 g/mol. The number of carbonyl (C=O) groups excluding carboxylic acids is 1. The molecule has 1 aliphatic heterocycles. The normalized spacial score (nSPS) is 14.9. The molecule has 8 heteroatoms. The Balaban J connectivity index is 1.39. The molecule has 1 amide bonds. The SMILES string of the molecule is CCC(=NOCc1cc(C(C)(C)C)nn1-c1ccc(C)cc1)c1ccc(OCC(=O)N2CCN(C)CC2)cc1. The van der Waals surface area contributed by atoms with Gasteiger partial charge in [0.05, 0.1) is 22.8 Å². The molecule has 0 aliphatic carbocycles. The molecule has 0 radical (unpaired) electrons. The van der Waals surface area contributed by atoms with E-state index in [9.17, 15) is 4.79 Å². The van der Waals surface area contributed by atoms with Crippen LogP contribution in [-0.2, 0) is 21.7 Å². The van der Waals surface area contributed by atoms with Gasteiger partial charge < -0.3 is 19.4 Å². The van der Waals surface area contributed by atoms with Crippen molar-refractivity contribution in [1.82, 2.24) is 19.6 Å². The minimum absolute atomic E-state index is 0.0240. The molecular weight excluding hydrogens is 490 g/mol. The predicted octanol–water partition coefficient (Wildman–Crippen LogP) is 4.96. The van der Waals surface area contributed by atoms with Crippen molar-refractivity contribution in [2.45, 2.75) is 53.1 Å². The average molecular weight is 532 g/mol. The van der Waals surface area contributed by atoms with E-state index >= 15 is 0 Å². The Bertz CT molecular complexity index is 1270. The molecule has 208 valence electrons. The third-order valence-corrected chi connectivity index (χ3v) is 6.96. The van der Waals surface area contributed by atoms with Gasteiger partial charge in [-0.05, 0) is 68.4 Å². The van der Waals surface area contributed by atoms with E-state index in [1.807, 2.05) is 33.8 Å². The number of aromatic nitrogens is 2. The lowest BCUT2D eigenvalue weighted by molar-refractivity contribution is -0.134. The number of ether oxygens (including phenoxy) is 1. The predicted molar refractivity (Wildman–Crippen MR) is 155 cm³/mol. The number of rotatable bonds is 9. The summed E-state index contributed by atoms with van der Waals surface area (Å²) < 4.78 is 7.70. The number of aryl methyl sites for hydroxylation is 1. The third kappa shape index (κ3) is 7.47. The van der Waals surface area contributed by atoms with Crippen LogP contribution in [0.4, 0.5) is 0 Å². The van der Waals surface area contributed by atoms with E-state index in [0.29, 0.717) is 18.8 Å². The van der Waals surface area contributed by atoms with Gasteiger partial charge in [0.2, 0.25) is 0 Å². The summed E-state index contributed by atoms with van der Waals surface area (Å²) in [7, 11) is 2.07. The molecule has 0 spiro atoms. The van der Waals surface area contributed by atoms with Crippen LogP contribution in [0.1, 0.15) is 56.6 Å². The topological polar surface area (TPSA) is 72.2 Å². The highest BCUT2D eigenvalue weighted by molar-refractivity contribution is 6.00. The quantitative estimate of drug-likeness (QED) is 0.288. The summed E-state index contributed by atoms with van der Waals surface area (Å²) in [6, 6.07) is 18.1. The Kier molecular flexibility index (Phi) is 9.07.